The van der Waals surface area contributed by atoms with Gasteiger partial charge >= 0.3 is 18.7 Å². The lowest BCUT2D eigenvalue weighted by molar-refractivity contribution is -0.121. The van der Waals surface area contributed by atoms with Crippen LogP contribution in [0.5, 0.6) is 5.75 Å². The summed E-state index contributed by atoms with van der Waals surface area (Å²) in [7, 11) is 1.49. The van der Waals surface area contributed by atoms with Crippen molar-refractivity contribution in [3.63, 3.8) is 0 Å². The van der Waals surface area contributed by atoms with Crippen LogP contribution in [-0.4, -0.2) is 81.4 Å². The number of carbonyl (C=O) groups excluding carboxylic acids is 4. The van der Waals surface area contributed by atoms with E-state index in [0.717, 1.165) is 0 Å². The normalized spacial score (nSPS) is 14.5. The number of nitrogens with zero attached hydrogens (tertiary/aromatic N) is 5. The molecule has 0 saturated carbocycles. The predicted octanol–water partition coefficient (Wildman–Crippen LogP) is 6.11. The molecule has 0 radical (unpaired) electrons. The van der Waals surface area contributed by atoms with E-state index in [9.17, 15) is 33.2 Å². The number of rotatable bonds is 13. The van der Waals surface area contributed by atoms with Gasteiger partial charge in [-0.05, 0) is 76.9 Å². The summed E-state index contributed by atoms with van der Waals surface area (Å²) >= 11 is 6.11. The van der Waals surface area contributed by atoms with E-state index < -0.39 is 30.3 Å². The molecular weight excluding hydrogens is 714 g/mol. The molecule has 53 heavy (non-hydrogen) atoms. The number of aromatic nitrogens is 2. The van der Waals surface area contributed by atoms with Crippen LogP contribution in [0.25, 0.3) is 0 Å². The minimum Gasteiger partial charge on any atom is -0.461 e. The minimum atomic E-state index is -3.01. The first-order valence-corrected chi connectivity index (χ1v) is 17.4. The van der Waals surface area contributed by atoms with Crippen LogP contribution < -0.4 is 10.1 Å². The summed E-state index contributed by atoms with van der Waals surface area (Å²) < 4.78 is 42.8. The molecule has 16 heteroatoms. The third kappa shape index (κ3) is 10.4. The molecule has 2 heterocycles. The molecule has 0 bridgehead atoms. The number of nitriles is 1. The molecule has 1 aliphatic heterocycles. The quantitative estimate of drug-likeness (QED) is 0.204. The average molecular weight is 757 g/mol. The smallest absolute Gasteiger partial charge is 0.410 e. The molecule has 0 saturated heterocycles. The number of fused-ring (bicyclic) bond motifs is 1. The van der Waals surface area contributed by atoms with Gasteiger partial charge in [0.2, 0.25) is 5.91 Å². The van der Waals surface area contributed by atoms with Gasteiger partial charge in [-0.25, -0.2) is 9.59 Å². The highest BCUT2D eigenvalue weighted by Crippen LogP contribution is 2.30. The van der Waals surface area contributed by atoms with Gasteiger partial charge in [0.1, 0.15) is 17.4 Å². The molecule has 284 valence electrons. The fourth-order valence-corrected chi connectivity index (χ4v) is 6.10. The number of esters is 1. The summed E-state index contributed by atoms with van der Waals surface area (Å²) in [6.07, 6.45) is -0.309. The number of hydrogen-bond donors (Lipinski definition) is 1. The van der Waals surface area contributed by atoms with Crippen molar-refractivity contribution in [1.82, 2.24) is 24.9 Å². The van der Waals surface area contributed by atoms with E-state index in [2.05, 4.69) is 10.1 Å². The highest BCUT2D eigenvalue weighted by atomic mass is 35.5. The van der Waals surface area contributed by atoms with Gasteiger partial charge in [0, 0.05) is 43.6 Å². The zero-order valence-corrected chi connectivity index (χ0v) is 31.2. The summed E-state index contributed by atoms with van der Waals surface area (Å²) in [5, 5.41) is 17.1. The van der Waals surface area contributed by atoms with Crippen molar-refractivity contribution in [2.45, 2.75) is 97.8 Å². The second-order valence-electron chi connectivity index (χ2n) is 13.5. The lowest BCUT2D eigenvalue weighted by Crippen LogP contribution is -2.45. The maximum atomic E-state index is 13.9. The molecule has 1 aliphatic rings. The number of benzene rings is 2. The molecule has 2 aromatic carbocycles. The molecule has 0 aliphatic carbocycles. The Kier molecular flexibility index (Phi) is 13.4. The van der Waals surface area contributed by atoms with Crippen molar-refractivity contribution in [2.75, 3.05) is 13.7 Å². The fraction of sp³-hybridized carbons (Fsp3) is 0.459. The number of nitrogens with one attached hydrogen (secondary N) is 1. The van der Waals surface area contributed by atoms with Gasteiger partial charge in [-0.3, -0.25) is 19.2 Å². The average Bonchev–Trinajstić information content (AvgIpc) is 3.44. The number of ether oxygens (including phenoxy) is 3. The Hall–Kier alpha value is -5.23. The van der Waals surface area contributed by atoms with E-state index in [1.54, 1.807) is 32.6 Å². The van der Waals surface area contributed by atoms with Crippen molar-refractivity contribution in [3.8, 4) is 11.8 Å². The summed E-state index contributed by atoms with van der Waals surface area (Å²) in [4.78, 5) is 56.9. The highest BCUT2D eigenvalue weighted by Gasteiger charge is 2.37. The SMILES string of the molecule is CCOC(=O)c1c2c(nn1C[C@H](CCC(=O)NC)N(Cc1ccc(OC(F)F)cc1)C(=O)OC(C)(C)C)C[C@@H](C)N(C(=O)c1ccc(Cl)c(C#N)c1)C2. The number of alkyl halides is 2. The first-order valence-electron chi connectivity index (χ1n) is 17.0. The molecular formula is C37H43ClF2N6O7. The Morgan fingerprint density at radius 1 is 1.15 bits per heavy atom. The van der Waals surface area contributed by atoms with Crippen LogP contribution in [-0.2, 0) is 40.3 Å². The molecule has 1 aromatic heterocycles. The molecule has 1 N–H and O–H groups in total. The van der Waals surface area contributed by atoms with Crippen molar-refractivity contribution >= 4 is 35.5 Å². The third-order valence-electron chi connectivity index (χ3n) is 8.48. The Balaban J connectivity index is 1.77. The van der Waals surface area contributed by atoms with Crippen LogP contribution in [0.2, 0.25) is 5.02 Å². The lowest BCUT2D eigenvalue weighted by Gasteiger charge is -2.34. The monoisotopic (exact) mass is 756 g/mol. The Labute approximate surface area is 311 Å². The maximum absolute atomic E-state index is 13.9. The van der Waals surface area contributed by atoms with E-state index in [4.69, 9.17) is 26.2 Å². The summed E-state index contributed by atoms with van der Waals surface area (Å²) in [5.41, 5.74) is 1.16. The van der Waals surface area contributed by atoms with Gasteiger partial charge in [-0.1, -0.05) is 23.7 Å². The molecule has 0 fully saturated rings. The topological polar surface area (TPSA) is 156 Å². The van der Waals surface area contributed by atoms with Gasteiger partial charge in [0.25, 0.3) is 5.91 Å². The minimum absolute atomic E-state index is 0.000279. The van der Waals surface area contributed by atoms with E-state index in [1.807, 2.05) is 13.0 Å². The number of amides is 3. The first-order chi connectivity index (χ1) is 25.0. The van der Waals surface area contributed by atoms with Crippen molar-refractivity contribution in [1.29, 1.82) is 5.26 Å². The first kappa shape index (κ1) is 40.5. The van der Waals surface area contributed by atoms with Crippen LogP contribution in [0.4, 0.5) is 13.6 Å². The predicted molar refractivity (Wildman–Crippen MR) is 189 cm³/mol. The molecule has 13 nitrogen and oxygen atoms in total. The Morgan fingerprint density at radius 2 is 1.85 bits per heavy atom. The largest absolute Gasteiger partial charge is 0.461 e. The molecule has 4 rings (SSSR count). The second-order valence-corrected chi connectivity index (χ2v) is 13.9. The van der Waals surface area contributed by atoms with Crippen LogP contribution in [0.1, 0.15) is 90.7 Å². The van der Waals surface area contributed by atoms with E-state index in [0.29, 0.717) is 16.8 Å². The second kappa shape index (κ2) is 17.5. The van der Waals surface area contributed by atoms with Crippen molar-refractivity contribution < 1.29 is 42.2 Å². The van der Waals surface area contributed by atoms with Crippen LogP contribution in [0.3, 0.4) is 0 Å². The summed E-state index contributed by atoms with van der Waals surface area (Å²) in [5.74, 6) is -1.41. The lowest BCUT2D eigenvalue weighted by atomic mass is 9.98. The van der Waals surface area contributed by atoms with Crippen LogP contribution in [0.15, 0.2) is 42.5 Å². The Bertz CT molecular complexity index is 1860. The fourth-order valence-electron chi connectivity index (χ4n) is 5.94. The molecule has 3 amide bonds. The zero-order chi connectivity index (χ0) is 39.0. The van der Waals surface area contributed by atoms with E-state index in [-0.39, 0.29) is 91.0 Å². The number of hydrogen-bond acceptors (Lipinski definition) is 9. The molecule has 3 aromatic rings. The molecule has 0 unspecified atom stereocenters. The van der Waals surface area contributed by atoms with Gasteiger partial charge < -0.3 is 24.4 Å². The summed E-state index contributed by atoms with van der Waals surface area (Å²) in [6.45, 7) is 5.54. The zero-order valence-electron chi connectivity index (χ0n) is 30.5. The Morgan fingerprint density at radius 3 is 2.45 bits per heavy atom. The van der Waals surface area contributed by atoms with Crippen LogP contribution >= 0.6 is 11.6 Å². The molecule has 2 atom stereocenters. The number of carbonyl (C=O) groups is 4. The maximum Gasteiger partial charge on any atom is 0.410 e. The highest BCUT2D eigenvalue weighted by molar-refractivity contribution is 6.31. The van der Waals surface area contributed by atoms with Crippen LogP contribution in [0, 0.1) is 11.3 Å². The van der Waals surface area contributed by atoms with Crippen molar-refractivity contribution in [3.05, 3.63) is 81.1 Å². The van der Waals surface area contributed by atoms with Gasteiger partial charge in [-0.15, -0.1) is 0 Å². The van der Waals surface area contributed by atoms with E-state index in [1.165, 1.54) is 59.1 Å². The standard InChI is InChI=1S/C37H43ClF2N6O7/c1-7-51-34(49)32-28-21-44(33(48)24-10-14-29(38)25(17-24)18-41)22(2)16-30(28)43-46(32)20-26(11-15-31(47)42-6)45(36(50)53-37(3,4)5)19-23-8-12-27(13-9-23)52-35(39)40/h8-10,12-14,17,22,26,35H,7,11,15-16,19-21H2,1-6H3,(H,42,47)/t22-,26+/m1/s1. The third-order valence-corrected chi connectivity index (χ3v) is 8.81. The van der Waals surface area contributed by atoms with Gasteiger partial charge in [0.05, 0.1) is 42.0 Å². The van der Waals surface area contributed by atoms with Gasteiger partial charge in [-0.2, -0.15) is 19.1 Å². The molecule has 0 spiro atoms. The van der Waals surface area contributed by atoms with E-state index >= 15 is 0 Å². The number of halogens is 3. The summed E-state index contributed by atoms with van der Waals surface area (Å²) in [6, 6.07) is 11.1. The van der Waals surface area contributed by atoms with Crippen molar-refractivity contribution in [2.24, 2.45) is 0 Å². The van der Waals surface area contributed by atoms with Gasteiger partial charge in [0.15, 0.2) is 5.69 Å².